The van der Waals surface area contributed by atoms with Crippen molar-refractivity contribution in [2.45, 2.75) is 26.3 Å². The first-order valence-corrected chi connectivity index (χ1v) is 5.35. The highest BCUT2D eigenvalue weighted by atomic mass is 16.5. The van der Waals surface area contributed by atoms with Gasteiger partial charge in [-0.2, -0.15) is 0 Å². The minimum atomic E-state index is -0.126. The minimum Gasteiger partial charge on any atom is -0.375 e. The molecule has 4 heteroatoms. The summed E-state index contributed by atoms with van der Waals surface area (Å²) in [6.45, 7) is 4.72. The number of ether oxygens (including phenoxy) is 1. The number of hydrogen-bond donors (Lipinski definition) is 1. The van der Waals surface area contributed by atoms with Gasteiger partial charge in [-0.3, -0.25) is 9.78 Å². The Bertz CT molecular complexity index is 351. The lowest BCUT2D eigenvalue weighted by Gasteiger charge is -2.08. The van der Waals surface area contributed by atoms with Crippen LogP contribution in [0.15, 0.2) is 18.2 Å². The number of nitrogens with one attached hydrogen (secondary N) is 1. The van der Waals surface area contributed by atoms with Gasteiger partial charge >= 0.3 is 0 Å². The largest absolute Gasteiger partial charge is 0.375 e. The van der Waals surface area contributed by atoms with Crippen LogP contribution in [0.1, 0.15) is 31.2 Å². The summed E-state index contributed by atoms with van der Waals surface area (Å²) in [4.78, 5) is 15.6. The number of methoxy groups -OCH3 is 1. The molecule has 1 rings (SSSR count). The van der Waals surface area contributed by atoms with E-state index in [1.165, 1.54) is 7.11 Å². The van der Waals surface area contributed by atoms with E-state index >= 15 is 0 Å². The highest BCUT2D eigenvalue weighted by Crippen LogP contribution is 2.11. The minimum absolute atomic E-state index is 0.0872. The molecule has 0 radical (unpaired) electrons. The summed E-state index contributed by atoms with van der Waals surface area (Å²) < 4.78 is 4.72. The van der Waals surface area contributed by atoms with Crippen LogP contribution in [0.4, 0.5) is 0 Å². The van der Waals surface area contributed by atoms with Gasteiger partial charge in [0.2, 0.25) is 5.91 Å². The molecule has 1 aromatic heterocycles. The SMILES string of the molecule is COCC(=O)NCc1cccc(C(C)C)n1. The number of amides is 1. The molecule has 0 atom stereocenters. The fourth-order valence-corrected chi connectivity index (χ4v) is 1.29. The van der Waals surface area contributed by atoms with Gasteiger partial charge in [-0.15, -0.1) is 0 Å². The van der Waals surface area contributed by atoms with Crippen molar-refractivity contribution in [2.24, 2.45) is 0 Å². The molecule has 0 aromatic carbocycles. The van der Waals surface area contributed by atoms with Crippen molar-refractivity contribution in [1.29, 1.82) is 0 Å². The molecule has 88 valence electrons. The molecule has 0 unspecified atom stereocenters. The monoisotopic (exact) mass is 222 g/mol. The molecule has 0 saturated carbocycles. The summed E-state index contributed by atoms with van der Waals surface area (Å²) in [5.74, 6) is 0.272. The van der Waals surface area contributed by atoms with Gasteiger partial charge in [-0.05, 0) is 18.1 Å². The van der Waals surface area contributed by atoms with E-state index in [2.05, 4.69) is 24.1 Å². The van der Waals surface area contributed by atoms with Gasteiger partial charge in [-0.1, -0.05) is 19.9 Å². The molecular formula is C12H18N2O2. The van der Waals surface area contributed by atoms with Crippen LogP contribution >= 0.6 is 0 Å². The number of hydrogen-bond acceptors (Lipinski definition) is 3. The normalized spacial score (nSPS) is 10.5. The van der Waals surface area contributed by atoms with Crippen molar-refractivity contribution in [3.05, 3.63) is 29.6 Å². The fourth-order valence-electron chi connectivity index (χ4n) is 1.29. The maximum absolute atomic E-state index is 11.2. The zero-order valence-corrected chi connectivity index (χ0v) is 9.99. The molecular weight excluding hydrogens is 204 g/mol. The van der Waals surface area contributed by atoms with E-state index in [1.54, 1.807) is 0 Å². The predicted molar refractivity (Wildman–Crippen MR) is 62.0 cm³/mol. The number of carbonyl (C=O) groups excluding carboxylic acids is 1. The number of rotatable bonds is 5. The van der Waals surface area contributed by atoms with Gasteiger partial charge in [0, 0.05) is 12.8 Å². The second kappa shape index (κ2) is 6.23. The third kappa shape index (κ3) is 3.98. The van der Waals surface area contributed by atoms with E-state index in [4.69, 9.17) is 4.74 Å². The number of nitrogens with zero attached hydrogens (tertiary/aromatic N) is 1. The Hall–Kier alpha value is -1.42. The second-order valence-electron chi connectivity index (χ2n) is 3.92. The summed E-state index contributed by atoms with van der Waals surface area (Å²) in [6, 6.07) is 5.85. The molecule has 1 aromatic rings. The third-order valence-corrected chi connectivity index (χ3v) is 2.16. The maximum Gasteiger partial charge on any atom is 0.246 e. The van der Waals surface area contributed by atoms with E-state index in [-0.39, 0.29) is 12.5 Å². The quantitative estimate of drug-likeness (QED) is 0.820. The first-order chi connectivity index (χ1) is 7.63. The van der Waals surface area contributed by atoms with Crippen molar-refractivity contribution in [3.63, 3.8) is 0 Å². The third-order valence-electron chi connectivity index (χ3n) is 2.16. The van der Waals surface area contributed by atoms with Crippen molar-refractivity contribution in [1.82, 2.24) is 10.3 Å². The van der Waals surface area contributed by atoms with E-state index in [0.29, 0.717) is 12.5 Å². The standard InChI is InChI=1S/C12H18N2O2/c1-9(2)11-6-4-5-10(14-11)7-13-12(15)8-16-3/h4-6,9H,7-8H2,1-3H3,(H,13,15). The van der Waals surface area contributed by atoms with Crippen molar-refractivity contribution < 1.29 is 9.53 Å². The fraction of sp³-hybridized carbons (Fsp3) is 0.500. The van der Waals surface area contributed by atoms with E-state index < -0.39 is 0 Å². The summed E-state index contributed by atoms with van der Waals surface area (Å²) in [7, 11) is 1.50. The molecule has 0 aliphatic rings. The van der Waals surface area contributed by atoms with Gasteiger partial charge in [0.1, 0.15) is 6.61 Å². The van der Waals surface area contributed by atoms with Crippen LogP contribution in [0.5, 0.6) is 0 Å². The Balaban J connectivity index is 2.54. The molecule has 1 N–H and O–H groups in total. The topological polar surface area (TPSA) is 51.2 Å². The average molecular weight is 222 g/mol. The lowest BCUT2D eigenvalue weighted by Crippen LogP contribution is -2.27. The molecule has 16 heavy (non-hydrogen) atoms. The molecule has 0 saturated heterocycles. The van der Waals surface area contributed by atoms with Crippen LogP contribution in [0.2, 0.25) is 0 Å². The first-order valence-electron chi connectivity index (χ1n) is 5.35. The van der Waals surface area contributed by atoms with Crippen LogP contribution in [0.3, 0.4) is 0 Å². The van der Waals surface area contributed by atoms with Crippen LogP contribution in [-0.2, 0) is 16.1 Å². The van der Waals surface area contributed by atoms with E-state index in [0.717, 1.165) is 11.4 Å². The van der Waals surface area contributed by atoms with Crippen molar-refractivity contribution in [2.75, 3.05) is 13.7 Å². The lowest BCUT2D eigenvalue weighted by atomic mass is 10.1. The summed E-state index contributed by atoms with van der Waals surface area (Å²) in [5, 5.41) is 2.74. The van der Waals surface area contributed by atoms with Crippen LogP contribution < -0.4 is 5.32 Å². The highest BCUT2D eigenvalue weighted by molar-refractivity contribution is 5.77. The predicted octanol–water partition coefficient (Wildman–Crippen LogP) is 1.47. The Morgan fingerprint density at radius 3 is 2.88 bits per heavy atom. The zero-order valence-electron chi connectivity index (χ0n) is 9.99. The molecule has 1 heterocycles. The van der Waals surface area contributed by atoms with Gasteiger partial charge in [-0.25, -0.2) is 0 Å². The Labute approximate surface area is 96.0 Å². The van der Waals surface area contributed by atoms with Crippen LogP contribution in [0.25, 0.3) is 0 Å². The van der Waals surface area contributed by atoms with Crippen molar-refractivity contribution in [3.8, 4) is 0 Å². The molecule has 0 aliphatic heterocycles. The number of pyridine rings is 1. The molecule has 1 amide bonds. The summed E-state index contributed by atoms with van der Waals surface area (Å²) >= 11 is 0. The van der Waals surface area contributed by atoms with Crippen LogP contribution in [0, 0.1) is 0 Å². The first kappa shape index (κ1) is 12.6. The lowest BCUT2D eigenvalue weighted by molar-refractivity contribution is -0.124. The molecule has 0 aliphatic carbocycles. The molecule has 0 bridgehead atoms. The Kier molecular flexibility index (Phi) is 4.92. The second-order valence-corrected chi connectivity index (χ2v) is 3.92. The number of aromatic nitrogens is 1. The van der Waals surface area contributed by atoms with Gasteiger partial charge in [0.05, 0.1) is 12.2 Å². The molecule has 0 spiro atoms. The Morgan fingerprint density at radius 1 is 1.50 bits per heavy atom. The zero-order chi connectivity index (χ0) is 12.0. The Morgan fingerprint density at radius 2 is 2.25 bits per heavy atom. The van der Waals surface area contributed by atoms with Gasteiger partial charge < -0.3 is 10.1 Å². The summed E-state index contributed by atoms with van der Waals surface area (Å²) in [5.41, 5.74) is 1.91. The van der Waals surface area contributed by atoms with Gasteiger partial charge in [0.25, 0.3) is 0 Å². The molecule has 0 fully saturated rings. The van der Waals surface area contributed by atoms with E-state index in [9.17, 15) is 4.79 Å². The van der Waals surface area contributed by atoms with Gasteiger partial charge in [0.15, 0.2) is 0 Å². The highest BCUT2D eigenvalue weighted by Gasteiger charge is 2.03. The average Bonchev–Trinajstić information content (AvgIpc) is 2.27. The smallest absolute Gasteiger partial charge is 0.246 e. The van der Waals surface area contributed by atoms with Crippen LogP contribution in [-0.4, -0.2) is 24.6 Å². The number of carbonyl (C=O) groups is 1. The van der Waals surface area contributed by atoms with E-state index in [1.807, 2.05) is 18.2 Å². The molecule has 4 nitrogen and oxygen atoms in total. The summed E-state index contributed by atoms with van der Waals surface area (Å²) in [6.07, 6.45) is 0. The van der Waals surface area contributed by atoms with Crippen molar-refractivity contribution >= 4 is 5.91 Å². The maximum atomic E-state index is 11.2.